The largest absolute Gasteiger partial charge is 0.490 e. The number of carbonyl (C=O) groups excluding carboxylic acids is 1. The van der Waals surface area contributed by atoms with Crippen LogP contribution in [0.2, 0.25) is 5.02 Å². The van der Waals surface area contributed by atoms with Crippen molar-refractivity contribution in [2.24, 2.45) is 0 Å². The fraction of sp³-hybridized carbons (Fsp3) is 0.174. The van der Waals surface area contributed by atoms with Gasteiger partial charge in [-0.2, -0.15) is 0 Å². The number of carbonyl (C=O) groups is 1. The Morgan fingerprint density at radius 2 is 1.81 bits per heavy atom. The second-order valence-electron chi connectivity index (χ2n) is 7.43. The first-order chi connectivity index (χ1) is 17.2. The van der Waals surface area contributed by atoms with Crippen molar-refractivity contribution in [3.05, 3.63) is 89.0 Å². The van der Waals surface area contributed by atoms with Gasteiger partial charge in [0, 0.05) is 16.8 Å². The average molecular weight is 642 g/mol. The summed E-state index contributed by atoms with van der Waals surface area (Å²) in [5, 5.41) is 22.8. The highest BCUT2D eigenvalue weighted by Gasteiger charge is 2.35. The van der Waals surface area contributed by atoms with Crippen molar-refractivity contribution in [1.82, 2.24) is 0 Å². The van der Waals surface area contributed by atoms with E-state index in [0.29, 0.717) is 25.8 Å². The molecule has 0 spiro atoms. The molecular formula is C23H17ClIN3O7S. The van der Waals surface area contributed by atoms with Gasteiger partial charge >= 0.3 is 5.69 Å². The van der Waals surface area contributed by atoms with Crippen molar-refractivity contribution < 1.29 is 24.1 Å². The summed E-state index contributed by atoms with van der Waals surface area (Å²) < 4.78 is 12.3. The second kappa shape index (κ2) is 10.9. The summed E-state index contributed by atoms with van der Waals surface area (Å²) in [6.45, 7) is 2.07. The van der Waals surface area contributed by atoms with Crippen LogP contribution < -0.4 is 14.4 Å². The van der Waals surface area contributed by atoms with Gasteiger partial charge in [0.15, 0.2) is 11.5 Å². The minimum atomic E-state index is -0.741. The lowest BCUT2D eigenvalue weighted by Gasteiger charge is -2.25. The van der Waals surface area contributed by atoms with Gasteiger partial charge in [0.05, 0.1) is 31.8 Å². The summed E-state index contributed by atoms with van der Waals surface area (Å²) in [6.07, 6.45) is 0. The predicted molar refractivity (Wildman–Crippen MR) is 144 cm³/mol. The van der Waals surface area contributed by atoms with Gasteiger partial charge in [-0.15, -0.1) is 11.8 Å². The van der Waals surface area contributed by atoms with Crippen LogP contribution in [0.5, 0.6) is 17.2 Å². The molecule has 1 fully saturated rings. The van der Waals surface area contributed by atoms with Crippen molar-refractivity contribution in [3.63, 3.8) is 0 Å². The van der Waals surface area contributed by atoms with Crippen molar-refractivity contribution in [2.75, 3.05) is 17.3 Å². The lowest BCUT2D eigenvalue weighted by atomic mass is 10.1. The number of anilines is 1. The molecule has 0 aromatic heterocycles. The molecule has 1 aliphatic rings. The number of benzene rings is 3. The van der Waals surface area contributed by atoms with E-state index in [1.165, 1.54) is 17.8 Å². The van der Waals surface area contributed by atoms with Crippen molar-refractivity contribution in [2.45, 2.75) is 12.3 Å². The Morgan fingerprint density at radius 1 is 1.08 bits per heavy atom. The molecule has 1 heterocycles. The topological polar surface area (TPSA) is 125 Å². The number of non-ortho nitro benzene ring substituents is 1. The maximum atomic E-state index is 12.7. The van der Waals surface area contributed by atoms with Crippen molar-refractivity contribution in [1.29, 1.82) is 0 Å². The number of hydrogen-bond donors (Lipinski definition) is 0. The summed E-state index contributed by atoms with van der Waals surface area (Å²) in [7, 11) is 0. The smallest absolute Gasteiger partial charge is 0.318 e. The number of amides is 1. The molecule has 10 nitrogen and oxygen atoms in total. The van der Waals surface area contributed by atoms with Crippen molar-refractivity contribution >= 4 is 68.9 Å². The molecule has 0 aliphatic carbocycles. The van der Waals surface area contributed by atoms with E-state index in [1.807, 2.05) is 28.7 Å². The van der Waals surface area contributed by atoms with Gasteiger partial charge in [-0.1, -0.05) is 11.6 Å². The monoisotopic (exact) mass is 641 g/mol. The molecule has 3 aromatic carbocycles. The van der Waals surface area contributed by atoms with Gasteiger partial charge in [-0.05, 0) is 77.5 Å². The molecule has 0 radical (unpaired) electrons. The fourth-order valence-corrected chi connectivity index (χ4v) is 5.62. The summed E-state index contributed by atoms with van der Waals surface area (Å²) in [4.78, 5) is 35.6. The number of thioether (sulfide) groups is 1. The average Bonchev–Trinajstić information content (AvgIpc) is 3.23. The third-order valence-corrected chi connectivity index (χ3v) is 7.42. The molecule has 36 heavy (non-hydrogen) atoms. The van der Waals surface area contributed by atoms with Crippen LogP contribution in [0.3, 0.4) is 0 Å². The normalized spacial score (nSPS) is 15.1. The number of hydrogen-bond acceptors (Lipinski definition) is 8. The zero-order valence-electron chi connectivity index (χ0n) is 18.6. The lowest BCUT2D eigenvalue weighted by molar-refractivity contribution is -0.394. The van der Waals surface area contributed by atoms with E-state index in [9.17, 15) is 25.0 Å². The Labute approximate surface area is 228 Å². The van der Waals surface area contributed by atoms with E-state index >= 15 is 0 Å². The van der Waals surface area contributed by atoms with Gasteiger partial charge in [-0.3, -0.25) is 29.9 Å². The van der Waals surface area contributed by atoms with Crippen LogP contribution in [0.4, 0.5) is 17.1 Å². The maximum absolute atomic E-state index is 12.7. The van der Waals surface area contributed by atoms with Gasteiger partial charge < -0.3 is 9.47 Å². The standard InChI is InChI=1S/C23H17ClIN3O7S/c1-2-34-20-10-13(23-26(21(29)12-36-23)15-5-3-14(24)4-6-15)9-17(25)22(20)35-19-8-7-16(27(30)31)11-18(19)28(32)33/h3-11,23H,2,12H2,1H3/t23-/m0/s1. The third-order valence-electron chi connectivity index (χ3n) is 5.15. The maximum Gasteiger partial charge on any atom is 0.318 e. The summed E-state index contributed by atoms with van der Waals surface area (Å²) in [6, 6.07) is 13.7. The van der Waals surface area contributed by atoms with E-state index in [4.69, 9.17) is 21.1 Å². The van der Waals surface area contributed by atoms with E-state index in [-0.39, 0.29) is 29.4 Å². The number of rotatable bonds is 8. The minimum Gasteiger partial charge on any atom is -0.490 e. The van der Waals surface area contributed by atoms with Crippen molar-refractivity contribution in [3.8, 4) is 17.2 Å². The van der Waals surface area contributed by atoms with Crippen LogP contribution in [0, 0.1) is 23.8 Å². The Hall–Kier alpha value is -3.10. The predicted octanol–water partition coefficient (Wildman–Crippen LogP) is 6.73. The molecule has 1 saturated heterocycles. The molecular weight excluding hydrogens is 625 g/mol. The number of nitro groups is 2. The lowest BCUT2D eigenvalue weighted by Crippen LogP contribution is -2.27. The molecule has 3 aromatic rings. The van der Waals surface area contributed by atoms with Crippen LogP contribution in [0.25, 0.3) is 0 Å². The number of halogens is 2. The van der Waals surface area contributed by atoms with E-state index in [0.717, 1.165) is 17.7 Å². The Balaban J connectivity index is 1.74. The minimum absolute atomic E-state index is 0.0536. The first-order valence-electron chi connectivity index (χ1n) is 10.5. The number of ether oxygens (including phenoxy) is 2. The van der Waals surface area contributed by atoms with Crippen LogP contribution >= 0.6 is 46.0 Å². The second-order valence-corrected chi connectivity index (χ2v) is 10.1. The molecule has 0 bridgehead atoms. The molecule has 186 valence electrons. The molecule has 1 atom stereocenters. The highest BCUT2D eigenvalue weighted by molar-refractivity contribution is 14.1. The van der Waals surface area contributed by atoms with Gasteiger partial charge in [-0.25, -0.2) is 0 Å². The molecule has 0 saturated carbocycles. The van der Waals surface area contributed by atoms with E-state index < -0.39 is 21.2 Å². The Kier molecular flexibility index (Phi) is 7.85. The number of nitro benzene ring substituents is 2. The molecule has 0 unspecified atom stereocenters. The first-order valence-corrected chi connectivity index (χ1v) is 13.0. The van der Waals surface area contributed by atoms with Gasteiger partial charge in [0.25, 0.3) is 5.69 Å². The molecule has 0 N–H and O–H groups in total. The SMILES string of the molecule is CCOc1cc([C@@H]2SCC(=O)N2c2ccc(Cl)cc2)cc(I)c1Oc1ccc([N+](=O)[O-])cc1[N+](=O)[O-]. The molecule has 1 amide bonds. The third kappa shape index (κ3) is 5.34. The quantitative estimate of drug-likeness (QED) is 0.151. The van der Waals surface area contributed by atoms with Crippen LogP contribution in [0.1, 0.15) is 17.9 Å². The van der Waals surface area contributed by atoms with Crippen LogP contribution in [-0.2, 0) is 4.79 Å². The zero-order chi connectivity index (χ0) is 26.0. The highest BCUT2D eigenvalue weighted by atomic mass is 127. The van der Waals surface area contributed by atoms with Gasteiger partial charge in [0.2, 0.25) is 11.7 Å². The van der Waals surface area contributed by atoms with Crippen LogP contribution in [0.15, 0.2) is 54.6 Å². The zero-order valence-corrected chi connectivity index (χ0v) is 22.3. The summed E-state index contributed by atoms with van der Waals surface area (Å²) in [5.41, 5.74) is 0.514. The summed E-state index contributed by atoms with van der Waals surface area (Å²) in [5.74, 6) is 0.627. The Morgan fingerprint density at radius 3 is 2.44 bits per heavy atom. The fourth-order valence-electron chi connectivity index (χ4n) is 3.60. The number of nitrogens with zero attached hydrogens (tertiary/aromatic N) is 3. The van der Waals surface area contributed by atoms with E-state index in [2.05, 4.69) is 0 Å². The highest BCUT2D eigenvalue weighted by Crippen LogP contribution is 2.47. The van der Waals surface area contributed by atoms with E-state index in [1.54, 1.807) is 42.2 Å². The first kappa shape index (κ1) is 26.0. The summed E-state index contributed by atoms with van der Waals surface area (Å²) >= 11 is 9.49. The Bertz CT molecular complexity index is 1360. The van der Waals surface area contributed by atoms with Gasteiger partial charge in [0.1, 0.15) is 5.37 Å². The molecule has 4 rings (SSSR count). The van der Waals surface area contributed by atoms with Crippen LogP contribution in [-0.4, -0.2) is 28.1 Å². The molecule has 1 aliphatic heterocycles. The molecule has 13 heteroatoms.